The van der Waals surface area contributed by atoms with E-state index < -0.39 is 0 Å². The first-order valence-corrected chi connectivity index (χ1v) is 7.32. The second kappa shape index (κ2) is 7.51. The molecule has 1 aliphatic carbocycles. The molecule has 1 saturated carbocycles. The maximum absolute atomic E-state index is 9.63. The van der Waals surface area contributed by atoms with Gasteiger partial charge in [-0.05, 0) is 56.2 Å². The summed E-state index contributed by atoms with van der Waals surface area (Å²) < 4.78 is 5.16. The summed E-state index contributed by atoms with van der Waals surface area (Å²) in [7, 11) is 1.69. The molecule has 1 aliphatic rings. The van der Waals surface area contributed by atoms with Gasteiger partial charge in [0.15, 0.2) is 0 Å². The van der Waals surface area contributed by atoms with E-state index in [1.807, 2.05) is 12.1 Å². The molecule has 0 heterocycles. The Balaban J connectivity index is 1.77. The number of hydrogen-bond donors (Lipinski definition) is 2. The number of rotatable bonds is 4. The Hall–Kier alpha value is -1.06. The zero-order valence-corrected chi connectivity index (χ0v) is 11.8. The van der Waals surface area contributed by atoms with Gasteiger partial charge in [-0.2, -0.15) is 0 Å². The van der Waals surface area contributed by atoms with Crippen molar-refractivity contribution < 1.29 is 9.84 Å². The highest BCUT2D eigenvalue weighted by atomic mass is 16.5. The maximum Gasteiger partial charge on any atom is 0.118 e. The first-order valence-electron chi connectivity index (χ1n) is 7.32. The molecule has 1 aromatic carbocycles. The highest BCUT2D eigenvalue weighted by molar-refractivity contribution is 5.27. The van der Waals surface area contributed by atoms with Crippen molar-refractivity contribution in [3.05, 3.63) is 29.8 Å². The molecular weight excluding hydrogens is 238 g/mol. The Labute approximate surface area is 116 Å². The van der Waals surface area contributed by atoms with E-state index in [0.29, 0.717) is 6.04 Å². The van der Waals surface area contributed by atoms with Crippen LogP contribution in [0.1, 0.15) is 44.1 Å². The Morgan fingerprint density at radius 1 is 1.11 bits per heavy atom. The molecule has 0 saturated heterocycles. The predicted octanol–water partition coefficient (Wildman–Crippen LogP) is 2.87. The van der Waals surface area contributed by atoms with E-state index in [0.717, 1.165) is 38.0 Å². The van der Waals surface area contributed by atoms with Crippen LogP contribution in [0.3, 0.4) is 0 Å². The lowest BCUT2D eigenvalue weighted by atomic mass is 9.95. The van der Waals surface area contributed by atoms with Crippen LogP contribution in [0.25, 0.3) is 0 Å². The molecule has 3 nitrogen and oxygen atoms in total. The molecular formula is C16H25NO2. The number of hydrogen-bond acceptors (Lipinski definition) is 3. The molecule has 0 unspecified atom stereocenters. The maximum atomic E-state index is 9.63. The van der Waals surface area contributed by atoms with Crippen LogP contribution in [0.5, 0.6) is 5.75 Å². The molecule has 1 aromatic rings. The van der Waals surface area contributed by atoms with Crippen molar-refractivity contribution in [2.75, 3.05) is 7.11 Å². The molecule has 2 N–H and O–H groups in total. The van der Waals surface area contributed by atoms with Crippen molar-refractivity contribution in [3.8, 4) is 5.75 Å². The summed E-state index contributed by atoms with van der Waals surface area (Å²) in [5.41, 5.74) is 1.29. The van der Waals surface area contributed by atoms with Gasteiger partial charge >= 0.3 is 0 Å². The van der Waals surface area contributed by atoms with Crippen molar-refractivity contribution in [2.24, 2.45) is 0 Å². The molecule has 0 aliphatic heterocycles. The average molecular weight is 263 g/mol. The summed E-state index contributed by atoms with van der Waals surface area (Å²) in [6.07, 6.45) is 6.45. The Bertz CT molecular complexity index is 354. The predicted molar refractivity (Wildman–Crippen MR) is 77.3 cm³/mol. The average Bonchev–Trinajstić information content (AvgIpc) is 2.42. The summed E-state index contributed by atoms with van der Waals surface area (Å²) in [4.78, 5) is 0. The smallest absolute Gasteiger partial charge is 0.118 e. The van der Waals surface area contributed by atoms with Gasteiger partial charge in [0.25, 0.3) is 0 Å². The summed E-state index contributed by atoms with van der Waals surface area (Å²) >= 11 is 0. The van der Waals surface area contributed by atoms with Crippen LogP contribution >= 0.6 is 0 Å². The minimum absolute atomic E-state index is 0.0671. The third-order valence-electron chi connectivity index (χ3n) is 3.93. The van der Waals surface area contributed by atoms with Gasteiger partial charge in [-0.3, -0.25) is 0 Å². The second-order valence-corrected chi connectivity index (χ2v) is 5.44. The molecule has 19 heavy (non-hydrogen) atoms. The van der Waals surface area contributed by atoms with Gasteiger partial charge < -0.3 is 15.2 Å². The van der Waals surface area contributed by atoms with Gasteiger partial charge in [0.05, 0.1) is 13.2 Å². The number of aliphatic hydroxyl groups is 1. The lowest BCUT2D eigenvalue weighted by molar-refractivity contribution is 0.137. The Morgan fingerprint density at radius 3 is 2.32 bits per heavy atom. The third kappa shape index (κ3) is 4.84. The van der Waals surface area contributed by atoms with E-state index in [1.165, 1.54) is 18.4 Å². The highest BCUT2D eigenvalue weighted by Crippen LogP contribution is 2.18. The van der Waals surface area contributed by atoms with Gasteiger partial charge in [0, 0.05) is 12.6 Å². The van der Waals surface area contributed by atoms with E-state index >= 15 is 0 Å². The SMILES string of the molecule is COc1ccc(CNC2CCCC(O)CCC2)cc1. The Kier molecular flexibility index (Phi) is 5.67. The summed E-state index contributed by atoms with van der Waals surface area (Å²) in [5, 5.41) is 13.3. The van der Waals surface area contributed by atoms with E-state index in [1.54, 1.807) is 7.11 Å². The van der Waals surface area contributed by atoms with Crippen molar-refractivity contribution >= 4 is 0 Å². The van der Waals surface area contributed by atoms with Crippen molar-refractivity contribution in [1.82, 2.24) is 5.32 Å². The first kappa shape index (κ1) is 14.4. The molecule has 1 fully saturated rings. The summed E-state index contributed by atoms with van der Waals surface area (Å²) in [5.74, 6) is 0.906. The van der Waals surface area contributed by atoms with Gasteiger partial charge in [0.1, 0.15) is 5.75 Å². The molecule has 0 radical (unpaired) electrons. The number of benzene rings is 1. The zero-order chi connectivity index (χ0) is 13.5. The van der Waals surface area contributed by atoms with E-state index in [2.05, 4.69) is 17.4 Å². The van der Waals surface area contributed by atoms with E-state index in [4.69, 9.17) is 4.74 Å². The van der Waals surface area contributed by atoms with Gasteiger partial charge in [0.2, 0.25) is 0 Å². The van der Waals surface area contributed by atoms with Crippen LogP contribution < -0.4 is 10.1 Å². The van der Waals surface area contributed by atoms with Crippen LogP contribution in [-0.2, 0) is 6.54 Å². The van der Waals surface area contributed by atoms with Crippen LogP contribution in [0.15, 0.2) is 24.3 Å². The molecule has 3 heteroatoms. The lowest BCUT2D eigenvalue weighted by Gasteiger charge is -2.23. The lowest BCUT2D eigenvalue weighted by Crippen LogP contribution is -2.30. The summed E-state index contributed by atoms with van der Waals surface area (Å²) in [6, 6.07) is 8.82. The zero-order valence-electron chi connectivity index (χ0n) is 11.8. The van der Waals surface area contributed by atoms with E-state index in [-0.39, 0.29) is 6.10 Å². The molecule has 0 aromatic heterocycles. The fourth-order valence-corrected chi connectivity index (χ4v) is 2.70. The van der Waals surface area contributed by atoms with Gasteiger partial charge in [-0.15, -0.1) is 0 Å². The normalized spacial score (nSPS) is 24.5. The number of ether oxygens (including phenoxy) is 1. The molecule has 2 rings (SSSR count). The largest absolute Gasteiger partial charge is 0.497 e. The molecule has 106 valence electrons. The van der Waals surface area contributed by atoms with Crippen LogP contribution in [0.4, 0.5) is 0 Å². The van der Waals surface area contributed by atoms with Crippen molar-refractivity contribution in [1.29, 1.82) is 0 Å². The fraction of sp³-hybridized carbons (Fsp3) is 0.625. The van der Waals surface area contributed by atoms with E-state index in [9.17, 15) is 5.11 Å². The third-order valence-corrected chi connectivity index (χ3v) is 3.93. The number of aliphatic hydroxyl groups excluding tert-OH is 1. The van der Waals surface area contributed by atoms with Gasteiger partial charge in [-0.1, -0.05) is 12.1 Å². The standard InChI is InChI=1S/C16H25NO2/c1-19-16-10-8-13(9-11-16)12-17-14-4-2-6-15(18)7-3-5-14/h8-11,14-15,17-18H,2-7,12H2,1H3. The fourth-order valence-electron chi connectivity index (χ4n) is 2.70. The van der Waals surface area contributed by atoms with Crippen LogP contribution in [0, 0.1) is 0 Å². The van der Waals surface area contributed by atoms with Crippen molar-refractivity contribution in [2.45, 2.75) is 57.2 Å². The molecule has 0 amide bonds. The minimum Gasteiger partial charge on any atom is -0.497 e. The minimum atomic E-state index is -0.0671. The van der Waals surface area contributed by atoms with Crippen LogP contribution in [-0.4, -0.2) is 24.4 Å². The second-order valence-electron chi connectivity index (χ2n) is 5.44. The topological polar surface area (TPSA) is 41.5 Å². The molecule has 0 spiro atoms. The molecule has 0 atom stereocenters. The molecule has 0 bridgehead atoms. The number of methoxy groups -OCH3 is 1. The number of nitrogens with one attached hydrogen (secondary N) is 1. The monoisotopic (exact) mass is 263 g/mol. The van der Waals surface area contributed by atoms with Gasteiger partial charge in [-0.25, -0.2) is 0 Å². The quantitative estimate of drug-likeness (QED) is 0.877. The highest BCUT2D eigenvalue weighted by Gasteiger charge is 2.14. The van der Waals surface area contributed by atoms with Crippen molar-refractivity contribution in [3.63, 3.8) is 0 Å². The summed E-state index contributed by atoms with van der Waals surface area (Å²) in [6.45, 7) is 0.914. The Morgan fingerprint density at radius 2 is 1.74 bits per heavy atom. The van der Waals surface area contributed by atoms with Crippen LogP contribution in [0.2, 0.25) is 0 Å². The first-order chi connectivity index (χ1) is 9.28.